The topological polar surface area (TPSA) is 67.8 Å². The lowest BCUT2D eigenvalue weighted by molar-refractivity contribution is -0.308. The zero-order valence-electron chi connectivity index (χ0n) is 21.3. The molecule has 1 heterocycles. The number of hydrogen-bond donors (Lipinski definition) is 2. The van der Waals surface area contributed by atoms with E-state index in [1.165, 1.54) is 17.7 Å². The Hall–Kier alpha value is -2.28. The number of benzene rings is 2. The molecule has 1 amide bonds. The molecule has 5 rings (SSSR count). The van der Waals surface area contributed by atoms with Crippen LogP contribution in [0.15, 0.2) is 54.6 Å². The van der Waals surface area contributed by atoms with Crippen LogP contribution in [-0.4, -0.2) is 36.1 Å². The lowest BCUT2D eigenvalue weighted by Gasteiger charge is -2.63. The van der Waals surface area contributed by atoms with Crippen LogP contribution < -0.4 is 5.32 Å². The van der Waals surface area contributed by atoms with Gasteiger partial charge in [0.2, 0.25) is 5.91 Å². The molecular formula is C30H38FNO4. The van der Waals surface area contributed by atoms with E-state index in [4.69, 9.17) is 9.47 Å². The second kappa shape index (κ2) is 10.2. The maximum absolute atomic E-state index is 13.2. The third-order valence-corrected chi connectivity index (χ3v) is 9.29. The number of amides is 1. The second-order valence-corrected chi connectivity index (χ2v) is 11.5. The molecule has 3 fully saturated rings. The SMILES string of the molecule is C[C@@]12CO[C@@H](Cc3ccccc3)O[C@@H]1CC[C@]1(C)C2CC[C@@H](O)[C@H]1CC(=O)NCc1ccc(F)cc1. The van der Waals surface area contributed by atoms with E-state index in [2.05, 4.69) is 31.3 Å². The van der Waals surface area contributed by atoms with Crippen LogP contribution in [0.5, 0.6) is 0 Å². The van der Waals surface area contributed by atoms with Gasteiger partial charge in [-0.2, -0.15) is 0 Å². The van der Waals surface area contributed by atoms with E-state index >= 15 is 0 Å². The molecule has 0 radical (unpaired) electrons. The number of aliphatic hydroxyl groups excluding tert-OH is 1. The van der Waals surface area contributed by atoms with Crippen molar-refractivity contribution in [3.63, 3.8) is 0 Å². The molecule has 0 bridgehead atoms. The van der Waals surface area contributed by atoms with Crippen LogP contribution in [0.4, 0.5) is 4.39 Å². The second-order valence-electron chi connectivity index (χ2n) is 11.5. The Kier molecular flexibility index (Phi) is 7.21. The molecule has 2 aromatic rings. The Morgan fingerprint density at radius 2 is 1.78 bits per heavy atom. The molecule has 2 aliphatic carbocycles. The Balaban J connectivity index is 1.25. The summed E-state index contributed by atoms with van der Waals surface area (Å²) in [5.74, 6) is -0.180. The van der Waals surface area contributed by atoms with Gasteiger partial charge >= 0.3 is 0 Å². The third kappa shape index (κ3) is 4.96. The van der Waals surface area contributed by atoms with Crippen molar-refractivity contribution >= 4 is 5.91 Å². The zero-order chi connectivity index (χ0) is 25.3. The molecule has 3 aliphatic rings. The predicted molar refractivity (Wildman–Crippen MR) is 135 cm³/mol. The average Bonchev–Trinajstić information content (AvgIpc) is 2.87. The maximum Gasteiger partial charge on any atom is 0.220 e. The summed E-state index contributed by atoms with van der Waals surface area (Å²) >= 11 is 0. The number of hydrogen-bond acceptors (Lipinski definition) is 4. The normalized spacial score (nSPS) is 35.9. The molecule has 194 valence electrons. The lowest BCUT2D eigenvalue weighted by atomic mass is 9.46. The van der Waals surface area contributed by atoms with E-state index in [1.807, 2.05) is 18.2 Å². The number of halogens is 1. The van der Waals surface area contributed by atoms with Crippen molar-refractivity contribution in [1.82, 2.24) is 5.32 Å². The number of carbonyl (C=O) groups excluding carboxylic acids is 1. The fraction of sp³-hybridized carbons (Fsp3) is 0.567. The van der Waals surface area contributed by atoms with Crippen LogP contribution in [0, 0.1) is 28.5 Å². The molecule has 1 saturated heterocycles. The largest absolute Gasteiger partial charge is 0.393 e. The monoisotopic (exact) mass is 495 g/mol. The summed E-state index contributed by atoms with van der Waals surface area (Å²) in [6.45, 7) is 5.53. The van der Waals surface area contributed by atoms with Gasteiger partial charge < -0.3 is 19.9 Å². The van der Waals surface area contributed by atoms with Gasteiger partial charge in [-0.3, -0.25) is 4.79 Å². The summed E-state index contributed by atoms with van der Waals surface area (Å²) < 4.78 is 26.0. The van der Waals surface area contributed by atoms with Crippen molar-refractivity contribution in [1.29, 1.82) is 0 Å². The summed E-state index contributed by atoms with van der Waals surface area (Å²) in [4.78, 5) is 12.9. The summed E-state index contributed by atoms with van der Waals surface area (Å²) in [5, 5.41) is 14.0. The first-order valence-electron chi connectivity index (χ1n) is 13.3. The van der Waals surface area contributed by atoms with Crippen LogP contribution in [0.1, 0.15) is 57.1 Å². The van der Waals surface area contributed by atoms with E-state index in [1.54, 1.807) is 12.1 Å². The number of rotatable bonds is 6. The predicted octanol–water partition coefficient (Wildman–Crippen LogP) is 5.01. The molecule has 0 spiro atoms. The lowest BCUT2D eigenvalue weighted by Crippen LogP contribution is -2.63. The van der Waals surface area contributed by atoms with Crippen LogP contribution in [0.3, 0.4) is 0 Å². The summed E-state index contributed by atoms with van der Waals surface area (Å²) in [5.41, 5.74) is 1.74. The van der Waals surface area contributed by atoms with Gasteiger partial charge in [0.05, 0.1) is 18.8 Å². The molecule has 36 heavy (non-hydrogen) atoms. The molecule has 2 saturated carbocycles. The standard InChI is InChI=1S/C30H38FNO4/c1-29-15-14-26-30(2,19-35-28(36-26)16-20-6-4-3-5-7-20)25(29)13-12-24(33)23(29)17-27(34)32-18-21-8-10-22(31)11-9-21/h3-11,23-26,28,33H,12-19H2,1-2H3,(H,32,34)/t23-,24-,25?,26-,28-,29+,30+/m1/s1. The number of nitrogens with one attached hydrogen (secondary N) is 1. The van der Waals surface area contributed by atoms with Gasteiger partial charge in [0, 0.05) is 24.8 Å². The van der Waals surface area contributed by atoms with Crippen molar-refractivity contribution in [2.24, 2.45) is 22.7 Å². The number of carbonyl (C=O) groups is 1. The first-order valence-corrected chi connectivity index (χ1v) is 13.3. The van der Waals surface area contributed by atoms with Gasteiger partial charge in [0.15, 0.2) is 6.29 Å². The van der Waals surface area contributed by atoms with Crippen molar-refractivity contribution in [3.8, 4) is 0 Å². The van der Waals surface area contributed by atoms with E-state index in [0.717, 1.165) is 31.2 Å². The molecule has 6 heteroatoms. The number of fused-ring (bicyclic) bond motifs is 3. The summed E-state index contributed by atoms with van der Waals surface area (Å²) in [6.07, 6.45) is 3.82. The quantitative estimate of drug-likeness (QED) is 0.591. The van der Waals surface area contributed by atoms with Crippen LogP contribution >= 0.6 is 0 Å². The minimum absolute atomic E-state index is 0.0726. The van der Waals surface area contributed by atoms with E-state index in [-0.39, 0.29) is 47.3 Å². The zero-order valence-corrected chi connectivity index (χ0v) is 21.3. The van der Waals surface area contributed by atoms with E-state index in [9.17, 15) is 14.3 Å². The van der Waals surface area contributed by atoms with E-state index < -0.39 is 6.10 Å². The van der Waals surface area contributed by atoms with Gasteiger partial charge in [-0.15, -0.1) is 0 Å². The summed E-state index contributed by atoms with van der Waals surface area (Å²) in [7, 11) is 0. The molecule has 1 unspecified atom stereocenters. The van der Waals surface area contributed by atoms with Crippen LogP contribution in [-0.2, 0) is 27.2 Å². The average molecular weight is 496 g/mol. The highest BCUT2D eigenvalue weighted by Gasteiger charge is 2.61. The van der Waals surface area contributed by atoms with Gasteiger partial charge in [-0.1, -0.05) is 56.3 Å². The molecule has 5 nitrogen and oxygen atoms in total. The number of ether oxygens (including phenoxy) is 2. The molecule has 2 N–H and O–H groups in total. The molecule has 0 aromatic heterocycles. The van der Waals surface area contributed by atoms with E-state index in [0.29, 0.717) is 25.5 Å². The Morgan fingerprint density at radius 3 is 2.53 bits per heavy atom. The highest BCUT2D eigenvalue weighted by Crippen LogP contribution is 2.62. The smallest absolute Gasteiger partial charge is 0.220 e. The van der Waals surface area contributed by atoms with Crippen molar-refractivity contribution < 1.29 is 23.8 Å². The third-order valence-electron chi connectivity index (χ3n) is 9.29. The van der Waals surface area contributed by atoms with Gasteiger partial charge in [-0.05, 0) is 66.2 Å². The Labute approximate surface area is 213 Å². The van der Waals surface area contributed by atoms with Gasteiger partial charge in [0.25, 0.3) is 0 Å². The first-order chi connectivity index (χ1) is 17.3. The fourth-order valence-corrected chi connectivity index (χ4v) is 7.27. The van der Waals surface area contributed by atoms with Gasteiger partial charge in [0.1, 0.15) is 5.82 Å². The highest BCUT2D eigenvalue weighted by molar-refractivity contribution is 5.76. The molecule has 2 aromatic carbocycles. The summed E-state index contributed by atoms with van der Waals surface area (Å²) in [6, 6.07) is 16.5. The van der Waals surface area contributed by atoms with Crippen LogP contribution in [0.2, 0.25) is 0 Å². The maximum atomic E-state index is 13.2. The van der Waals surface area contributed by atoms with Crippen molar-refractivity contribution in [3.05, 3.63) is 71.5 Å². The van der Waals surface area contributed by atoms with Crippen molar-refractivity contribution in [2.75, 3.05) is 6.61 Å². The van der Waals surface area contributed by atoms with Gasteiger partial charge in [-0.25, -0.2) is 4.39 Å². The molecule has 1 aliphatic heterocycles. The highest BCUT2D eigenvalue weighted by atomic mass is 19.1. The molecule has 7 atom stereocenters. The minimum Gasteiger partial charge on any atom is -0.393 e. The fourth-order valence-electron chi connectivity index (χ4n) is 7.27. The number of aliphatic hydroxyl groups is 1. The first kappa shape index (κ1) is 25.4. The van der Waals surface area contributed by atoms with Crippen LogP contribution in [0.25, 0.3) is 0 Å². The molecular weight excluding hydrogens is 457 g/mol. The Morgan fingerprint density at radius 1 is 1.03 bits per heavy atom. The Bertz CT molecular complexity index is 1050. The van der Waals surface area contributed by atoms with Crippen molar-refractivity contribution in [2.45, 2.75) is 77.4 Å². The minimum atomic E-state index is -0.501.